The molecule has 11 amide bonds. The number of primary amides is 1. The summed E-state index contributed by atoms with van der Waals surface area (Å²) in [6.07, 6.45) is 2.17. The number of nitrogens with zero attached hydrogens (tertiary/aromatic N) is 1. The van der Waals surface area contributed by atoms with Gasteiger partial charge in [0, 0.05) is 55.7 Å². The van der Waals surface area contributed by atoms with Gasteiger partial charge in [0.15, 0.2) is 0 Å². The Morgan fingerprint density at radius 2 is 1.30 bits per heavy atom. The van der Waals surface area contributed by atoms with Crippen molar-refractivity contribution in [1.82, 2.24) is 63.4 Å². The third-order valence-corrected chi connectivity index (χ3v) is 17.7. The van der Waals surface area contributed by atoms with E-state index in [1.165, 1.54) is 42.3 Å². The zero-order valence-electron chi connectivity index (χ0n) is 49.2. The fraction of sp³-hybridized carbons (Fsp3) is 0.679. The predicted molar refractivity (Wildman–Crippen MR) is 320 cm³/mol. The van der Waals surface area contributed by atoms with E-state index in [0.717, 1.165) is 11.1 Å². The number of carboxylic acid groups (broad SMARTS) is 1. The molecule has 1 aromatic rings. The maximum absolute atomic E-state index is 14.9. The number of hydrogen-bond acceptors (Lipinski definition) is 18. The van der Waals surface area contributed by atoms with Crippen molar-refractivity contribution >= 4 is 94.5 Å². The molecular formula is C56H88N14O14S2. The SMILES string of the molecule is CC[C@@H]1NC(=O)CNC(=O)[C@H](CCCCN)NC(=O)[C@@H](NC(C)=O)CSCc2cccc(c2)CSC[C@@H](C(N)=O)NC(=O)[C@@H]2CCCN2C(=O)[C@H](CC2CCC(O)CC2)NC(=O)[C@H](CC2CNCN2)NC(=O)[C@H](CC(=O)O)NC(=O)[C@H](CC)NC1=O. The summed E-state index contributed by atoms with van der Waals surface area (Å²) in [4.78, 5) is 165. The number of aliphatic hydroxyl groups is 1. The lowest BCUT2D eigenvalue weighted by Crippen LogP contribution is -2.61. The average Bonchev–Trinajstić information content (AvgIpc) is 4.38. The molecule has 28 nitrogen and oxygen atoms in total. The number of hydrogen-bond donors (Lipinski definition) is 15. The molecule has 2 saturated heterocycles. The van der Waals surface area contributed by atoms with Gasteiger partial charge in [-0.25, -0.2) is 0 Å². The van der Waals surface area contributed by atoms with Gasteiger partial charge in [0.2, 0.25) is 65.0 Å². The van der Waals surface area contributed by atoms with Crippen molar-refractivity contribution in [3.8, 4) is 0 Å². The normalized spacial score (nSPS) is 29.0. The minimum Gasteiger partial charge on any atom is -0.481 e. The molecule has 1 aliphatic carbocycles. The minimum atomic E-state index is -1.80. The number of carbonyl (C=O) groups excluding carboxylic acids is 11. The van der Waals surface area contributed by atoms with Crippen molar-refractivity contribution in [3.05, 3.63) is 35.4 Å². The predicted octanol–water partition coefficient (Wildman–Crippen LogP) is -3.07. The second-order valence-electron chi connectivity index (χ2n) is 22.3. The lowest BCUT2D eigenvalue weighted by Gasteiger charge is -2.34. The van der Waals surface area contributed by atoms with Gasteiger partial charge in [-0.05, 0) is 107 Å². The summed E-state index contributed by atoms with van der Waals surface area (Å²) in [6, 6.07) is -4.38. The number of thioether (sulfide) groups is 2. The Hall–Kier alpha value is -6.60. The largest absolute Gasteiger partial charge is 0.481 e. The Balaban J connectivity index is 1.45. The van der Waals surface area contributed by atoms with Crippen LogP contribution in [-0.4, -0.2) is 197 Å². The average molecular weight is 1250 g/mol. The molecule has 0 radical (unpaired) electrons. The summed E-state index contributed by atoms with van der Waals surface area (Å²) in [5.74, 6) is -9.04. The molecule has 2 bridgehead atoms. The maximum atomic E-state index is 14.9. The second kappa shape index (κ2) is 35.9. The van der Waals surface area contributed by atoms with E-state index in [2.05, 4.69) is 58.5 Å². The van der Waals surface area contributed by atoms with E-state index in [1.807, 2.05) is 24.3 Å². The first-order valence-electron chi connectivity index (χ1n) is 29.6. The summed E-state index contributed by atoms with van der Waals surface area (Å²) < 4.78 is 0. The number of amides is 11. The van der Waals surface area contributed by atoms with Gasteiger partial charge in [0.25, 0.3) is 0 Å². The molecule has 86 heavy (non-hydrogen) atoms. The van der Waals surface area contributed by atoms with Crippen LogP contribution in [0.2, 0.25) is 0 Å². The van der Waals surface area contributed by atoms with Gasteiger partial charge in [-0.1, -0.05) is 38.1 Å². The van der Waals surface area contributed by atoms with E-state index in [9.17, 15) is 67.7 Å². The Labute approximate surface area is 509 Å². The molecule has 1 saturated carbocycles. The van der Waals surface area contributed by atoms with E-state index >= 15 is 0 Å². The van der Waals surface area contributed by atoms with Crippen LogP contribution in [-0.2, 0) is 69.0 Å². The van der Waals surface area contributed by atoms with Crippen LogP contribution in [0.15, 0.2) is 24.3 Å². The van der Waals surface area contributed by atoms with Crippen LogP contribution in [0.4, 0.5) is 0 Å². The van der Waals surface area contributed by atoms with Crippen molar-refractivity contribution in [3.63, 3.8) is 0 Å². The fourth-order valence-electron chi connectivity index (χ4n) is 10.7. The van der Waals surface area contributed by atoms with Gasteiger partial charge in [-0.3, -0.25) is 57.5 Å². The zero-order chi connectivity index (χ0) is 62.9. The molecule has 4 aliphatic rings. The number of fused-ring (bicyclic) bond motifs is 3. The van der Waals surface area contributed by atoms with Gasteiger partial charge in [0.1, 0.15) is 54.4 Å². The number of aliphatic hydroxyl groups excluding tert-OH is 1. The lowest BCUT2D eigenvalue weighted by molar-refractivity contribution is -0.143. The van der Waals surface area contributed by atoms with Crippen LogP contribution >= 0.6 is 23.5 Å². The number of benzene rings is 1. The first kappa shape index (κ1) is 70.2. The van der Waals surface area contributed by atoms with Crippen LogP contribution < -0.4 is 70.0 Å². The molecule has 0 spiro atoms. The van der Waals surface area contributed by atoms with Crippen LogP contribution in [0.5, 0.6) is 0 Å². The number of carbonyl (C=O) groups is 12. The van der Waals surface area contributed by atoms with Crippen molar-refractivity contribution in [2.24, 2.45) is 17.4 Å². The molecule has 17 N–H and O–H groups in total. The maximum Gasteiger partial charge on any atom is 0.305 e. The number of unbranched alkanes of at least 4 members (excludes halogenated alkanes) is 1. The minimum absolute atomic E-state index is 0.00875. The highest BCUT2D eigenvalue weighted by Crippen LogP contribution is 2.30. The van der Waals surface area contributed by atoms with E-state index < -0.39 is 150 Å². The monoisotopic (exact) mass is 1240 g/mol. The zero-order valence-corrected chi connectivity index (χ0v) is 50.8. The molecule has 30 heteroatoms. The molecule has 478 valence electrons. The van der Waals surface area contributed by atoms with Crippen LogP contribution in [0.25, 0.3) is 0 Å². The first-order valence-corrected chi connectivity index (χ1v) is 31.9. The highest BCUT2D eigenvalue weighted by molar-refractivity contribution is 7.98. The van der Waals surface area contributed by atoms with Gasteiger partial charge in [-0.15, -0.1) is 0 Å². The quantitative estimate of drug-likeness (QED) is 0.0822. The van der Waals surface area contributed by atoms with Crippen molar-refractivity contribution in [2.45, 2.75) is 189 Å². The van der Waals surface area contributed by atoms with E-state index in [4.69, 9.17) is 11.5 Å². The van der Waals surface area contributed by atoms with Gasteiger partial charge in [0.05, 0.1) is 19.1 Å². The number of nitrogens with two attached hydrogens (primary N) is 2. The third-order valence-electron chi connectivity index (χ3n) is 15.5. The van der Waals surface area contributed by atoms with Crippen LogP contribution in [0.3, 0.4) is 0 Å². The molecule has 1 unspecified atom stereocenters. The summed E-state index contributed by atoms with van der Waals surface area (Å²) in [5, 5.41) is 50.1. The van der Waals surface area contributed by atoms with Crippen molar-refractivity contribution < 1.29 is 67.7 Å². The van der Waals surface area contributed by atoms with Crippen LogP contribution in [0, 0.1) is 5.92 Å². The molecule has 3 fully saturated rings. The Morgan fingerprint density at radius 1 is 0.698 bits per heavy atom. The molecule has 1 aromatic carbocycles. The first-order chi connectivity index (χ1) is 41.1. The Kier molecular flexibility index (Phi) is 29.3. The van der Waals surface area contributed by atoms with Gasteiger partial charge < -0.3 is 85.1 Å². The summed E-state index contributed by atoms with van der Waals surface area (Å²) >= 11 is 2.68. The lowest BCUT2D eigenvalue weighted by atomic mass is 9.83. The van der Waals surface area contributed by atoms with E-state index in [0.29, 0.717) is 76.2 Å². The topological polar surface area (TPSA) is 433 Å². The van der Waals surface area contributed by atoms with Gasteiger partial charge in [-0.2, -0.15) is 23.5 Å². The summed E-state index contributed by atoms with van der Waals surface area (Å²) in [7, 11) is 0. The number of aliphatic carboxylic acids is 1. The van der Waals surface area contributed by atoms with E-state index in [-0.39, 0.29) is 62.5 Å². The highest BCUT2D eigenvalue weighted by Gasteiger charge is 2.42. The Bertz CT molecular complexity index is 2540. The standard InChI is InChI=1S/C56H88N14O14S2/c1-4-37-50(78)64-38(5-2)51(79)67-41(23-47(74)75)53(81)66-40(22-35-24-59-30-61-35)52(80)68-42(21-32-14-16-36(72)17-15-32)56(84)70-19-9-13-45(70)55(83)69-43(48(58)76)28-85-26-33-10-8-11-34(20-33)27-86-29-44(62-31(3)71)54(82)65-39(12-6-7-18-57)49(77)60-25-46(73)63-37/h8,10-11,20,32,35-45,59,61,72H,4-7,9,12-19,21-30,57H2,1-3H3,(H2,58,76)(H,60,77)(H,62,71)(H,63,73)(H,64,78)(H,65,82)(H,66,81)(H,67,79)(H,68,80)(H,69,83)(H,74,75)/t32?,35?,36?,37-,38-,39-,40-,41-,42-,43-,44-,45-/m0/s1. The molecule has 3 aliphatic heterocycles. The van der Waals surface area contributed by atoms with Crippen molar-refractivity contribution in [2.75, 3.05) is 44.4 Å². The van der Waals surface area contributed by atoms with Gasteiger partial charge >= 0.3 is 5.97 Å². The highest BCUT2D eigenvalue weighted by atomic mass is 32.2. The fourth-order valence-corrected chi connectivity index (χ4v) is 12.7. The number of nitrogens with one attached hydrogen (secondary N) is 11. The second-order valence-corrected chi connectivity index (χ2v) is 24.3. The molecular weight excluding hydrogens is 1160 g/mol. The smallest absolute Gasteiger partial charge is 0.305 e. The molecule has 0 aromatic heterocycles. The van der Waals surface area contributed by atoms with Crippen LogP contribution in [0.1, 0.15) is 122 Å². The number of carboxylic acids is 1. The summed E-state index contributed by atoms with van der Waals surface area (Å²) in [6.45, 7) is 4.91. The van der Waals surface area contributed by atoms with Crippen molar-refractivity contribution in [1.29, 1.82) is 0 Å². The van der Waals surface area contributed by atoms with E-state index in [1.54, 1.807) is 6.92 Å². The molecule has 10 atom stereocenters. The molecule has 5 rings (SSSR count). The Morgan fingerprint density at radius 3 is 1.92 bits per heavy atom. The molecule has 3 heterocycles. The number of rotatable bonds is 14. The summed E-state index contributed by atoms with van der Waals surface area (Å²) in [5.41, 5.74) is 13.3. The third kappa shape index (κ3) is 22.9.